The van der Waals surface area contributed by atoms with Gasteiger partial charge in [0.15, 0.2) is 0 Å². The average Bonchev–Trinajstić information content (AvgIpc) is 3.17. The van der Waals surface area contributed by atoms with Gasteiger partial charge in [-0.3, -0.25) is 4.79 Å². The zero-order valence-electron chi connectivity index (χ0n) is 15.7. The van der Waals surface area contributed by atoms with Gasteiger partial charge in [0.1, 0.15) is 12.1 Å². The number of hydrogen-bond acceptors (Lipinski definition) is 6. The van der Waals surface area contributed by atoms with Crippen molar-refractivity contribution in [2.45, 2.75) is 24.0 Å². The third-order valence-corrected chi connectivity index (χ3v) is 6.38. The molecular weight excluding hydrogens is 440 g/mol. The van der Waals surface area contributed by atoms with Crippen molar-refractivity contribution in [3.8, 4) is 0 Å². The van der Waals surface area contributed by atoms with Crippen LogP contribution in [-0.4, -0.2) is 61.8 Å². The van der Waals surface area contributed by atoms with Gasteiger partial charge in [-0.25, -0.2) is 4.98 Å². The summed E-state index contributed by atoms with van der Waals surface area (Å²) in [6.07, 6.45) is 1.52. The molecule has 7 nitrogen and oxygen atoms in total. The van der Waals surface area contributed by atoms with E-state index in [-0.39, 0.29) is 11.2 Å². The van der Waals surface area contributed by atoms with E-state index in [1.807, 2.05) is 49.1 Å². The van der Waals surface area contributed by atoms with E-state index in [0.29, 0.717) is 18.9 Å². The minimum absolute atomic E-state index is 0.113. The maximum absolute atomic E-state index is 12.9. The molecule has 1 aromatic carbocycles. The number of halogens is 1. The van der Waals surface area contributed by atoms with E-state index < -0.39 is 0 Å². The number of carbonyl (C=O) groups excluding carboxylic acids is 1. The van der Waals surface area contributed by atoms with Gasteiger partial charge >= 0.3 is 0 Å². The molecule has 0 bridgehead atoms. The van der Waals surface area contributed by atoms with Crippen LogP contribution in [0.1, 0.15) is 12.6 Å². The second-order valence-electron chi connectivity index (χ2n) is 6.75. The third kappa shape index (κ3) is 4.00. The van der Waals surface area contributed by atoms with Gasteiger partial charge in [-0.2, -0.15) is 14.6 Å². The molecular formula is C19H21BrN6OS. The number of aryl methyl sites for hydroxylation is 1. The Bertz CT molecular complexity index is 984. The number of thioether (sulfide) groups is 1. The first-order valence-corrected chi connectivity index (χ1v) is 10.8. The van der Waals surface area contributed by atoms with Crippen molar-refractivity contribution in [3.05, 3.63) is 46.8 Å². The Kier molecular flexibility index (Phi) is 5.54. The summed E-state index contributed by atoms with van der Waals surface area (Å²) >= 11 is 5.04. The first-order chi connectivity index (χ1) is 13.5. The molecule has 1 aliphatic rings. The van der Waals surface area contributed by atoms with Crippen LogP contribution in [0.5, 0.6) is 0 Å². The van der Waals surface area contributed by atoms with Crippen LogP contribution in [0.2, 0.25) is 0 Å². The molecule has 1 saturated heterocycles. The van der Waals surface area contributed by atoms with Crippen molar-refractivity contribution in [1.82, 2.24) is 24.5 Å². The molecule has 0 saturated carbocycles. The number of benzene rings is 1. The smallest absolute Gasteiger partial charge is 0.254 e. The largest absolute Gasteiger partial charge is 0.353 e. The minimum Gasteiger partial charge on any atom is -0.353 e. The summed E-state index contributed by atoms with van der Waals surface area (Å²) < 4.78 is 2.80. The van der Waals surface area contributed by atoms with Gasteiger partial charge in [0.2, 0.25) is 5.91 Å². The Balaban J connectivity index is 1.40. The van der Waals surface area contributed by atoms with Gasteiger partial charge in [-0.15, -0.1) is 11.8 Å². The molecule has 9 heteroatoms. The quantitative estimate of drug-likeness (QED) is 0.557. The highest BCUT2D eigenvalue weighted by Gasteiger charge is 2.26. The van der Waals surface area contributed by atoms with Crippen LogP contribution in [0, 0.1) is 6.92 Å². The molecule has 28 heavy (non-hydrogen) atoms. The number of rotatable bonds is 4. The monoisotopic (exact) mass is 460 g/mol. The highest BCUT2D eigenvalue weighted by molar-refractivity contribution is 9.10. The number of fused-ring (bicyclic) bond motifs is 1. The molecule has 0 spiro atoms. The van der Waals surface area contributed by atoms with Gasteiger partial charge in [-0.1, -0.05) is 15.9 Å². The summed E-state index contributed by atoms with van der Waals surface area (Å²) in [7, 11) is 0. The Morgan fingerprint density at radius 1 is 1.18 bits per heavy atom. The fraction of sp³-hybridized carbons (Fsp3) is 0.368. The fourth-order valence-electron chi connectivity index (χ4n) is 3.32. The predicted octanol–water partition coefficient (Wildman–Crippen LogP) is 3.02. The molecule has 1 amide bonds. The van der Waals surface area contributed by atoms with Crippen molar-refractivity contribution in [3.63, 3.8) is 0 Å². The lowest BCUT2D eigenvalue weighted by molar-refractivity contribution is -0.130. The van der Waals surface area contributed by atoms with Crippen molar-refractivity contribution in [2.75, 3.05) is 31.1 Å². The molecule has 4 rings (SSSR count). The second-order valence-corrected chi connectivity index (χ2v) is 9.08. The minimum atomic E-state index is -0.113. The number of hydrogen-bond donors (Lipinski definition) is 0. The molecule has 1 unspecified atom stereocenters. The molecule has 0 radical (unpaired) electrons. The molecule has 1 fully saturated rings. The predicted molar refractivity (Wildman–Crippen MR) is 114 cm³/mol. The van der Waals surface area contributed by atoms with Crippen LogP contribution < -0.4 is 4.90 Å². The van der Waals surface area contributed by atoms with Gasteiger partial charge in [0.05, 0.1) is 5.25 Å². The number of nitrogens with zero attached hydrogens (tertiary/aromatic N) is 6. The lowest BCUT2D eigenvalue weighted by Gasteiger charge is -2.37. The molecule has 1 atom stereocenters. The molecule has 3 aromatic rings. The van der Waals surface area contributed by atoms with Gasteiger partial charge in [-0.05, 0) is 38.1 Å². The van der Waals surface area contributed by atoms with E-state index in [1.165, 1.54) is 6.33 Å². The first kappa shape index (κ1) is 19.2. The number of anilines is 1. The molecule has 0 aliphatic carbocycles. The van der Waals surface area contributed by atoms with Crippen LogP contribution in [0.25, 0.3) is 5.78 Å². The number of amides is 1. The van der Waals surface area contributed by atoms with E-state index in [1.54, 1.807) is 16.3 Å². The highest BCUT2D eigenvalue weighted by Crippen LogP contribution is 2.26. The fourth-order valence-corrected chi connectivity index (χ4v) is 4.53. The molecule has 3 heterocycles. The lowest BCUT2D eigenvalue weighted by Crippen LogP contribution is -2.51. The van der Waals surface area contributed by atoms with Gasteiger partial charge < -0.3 is 9.80 Å². The van der Waals surface area contributed by atoms with Crippen LogP contribution >= 0.6 is 27.7 Å². The first-order valence-electron chi connectivity index (χ1n) is 9.14. The summed E-state index contributed by atoms with van der Waals surface area (Å²) in [6.45, 7) is 6.86. The van der Waals surface area contributed by atoms with Crippen LogP contribution in [-0.2, 0) is 4.79 Å². The Hall–Kier alpha value is -2.13. The summed E-state index contributed by atoms with van der Waals surface area (Å²) in [6, 6.07) is 10.1. The van der Waals surface area contributed by atoms with Crippen LogP contribution in [0.4, 0.5) is 5.82 Å². The van der Waals surface area contributed by atoms with Crippen molar-refractivity contribution >= 4 is 45.2 Å². The maximum atomic E-state index is 12.9. The zero-order chi connectivity index (χ0) is 19.7. The standard InChI is InChI=1S/C19H21BrN6OS/c1-13-11-17(26-19(23-13)21-12-22-26)24-7-9-25(10-8-24)18(27)14(2)28-16-5-3-15(20)4-6-16/h3-6,11-12,14H,7-10H2,1-2H3. The van der Waals surface area contributed by atoms with E-state index in [4.69, 9.17) is 0 Å². The van der Waals surface area contributed by atoms with Crippen molar-refractivity contribution in [1.29, 1.82) is 0 Å². The maximum Gasteiger partial charge on any atom is 0.254 e. The molecule has 146 valence electrons. The molecule has 1 aliphatic heterocycles. The molecule has 0 N–H and O–H groups in total. The van der Waals surface area contributed by atoms with Crippen LogP contribution in [0.15, 0.2) is 46.0 Å². The zero-order valence-corrected chi connectivity index (χ0v) is 18.2. The van der Waals surface area contributed by atoms with Crippen LogP contribution in [0.3, 0.4) is 0 Å². The van der Waals surface area contributed by atoms with E-state index in [2.05, 4.69) is 35.9 Å². The lowest BCUT2D eigenvalue weighted by atomic mass is 10.2. The Morgan fingerprint density at radius 3 is 2.61 bits per heavy atom. The van der Waals surface area contributed by atoms with E-state index >= 15 is 0 Å². The Morgan fingerprint density at radius 2 is 1.89 bits per heavy atom. The van der Waals surface area contributed by atoms with E-state index in [0.717, 1.165) is 34.0 Å². The SMILES string of the molecule is Cc1cc(N2CCN(C(=O)C(C)Sc3ccc(Br)cc3)CC2)n2ncnc2n1. The summed E-state index contributed by atoms with van der Waals surface area (Å²) in [5.41, 5.74) is 0.911. The average molecular weight is 461 g/mol. The number of carbonyl (C=O) groups is 1. The third-order valence-electron chi connectivity index (χ3n) is 4.75. The highest BCUT2D eigenvalue weighted by atomic mass is 79.9. The van der Waals surface area contributed by atoms with Gasteiger partial charge in [0, 0.05) is 47.3 Å². The van der Waals surface area contributed by atoms with Crippen molar-refractivity contribution < 1.29 is 4.79 Å². The second kappa shape index (κ2) is 8.08. The van der Waals surface area contributed by atoms with E-state index in [9.17, 15) is 4.79 Å². The topological polar surface area (TPSA) is 66.6 Å². The molecule has 2 aromatic heterocycles. The number of piperazine rings is 1. The Labute approximate surface area is 176 Å². The van der Waals surface area contributed by atoms with Gasteiger partial charge in [0.25, 0.3) is 5.78 Å². The summed E-state index contributed by atoms with van der Waals surface area (Å²) in [4.78, 5) is 26.8. The normalized spacial score (nSPS) is 15.8. The number of aromatic nitrogens is 4. The summed E-state index contributed by atoms with van der Waals surface area (Å²) in [5.74, 6) is 1.77. The van der Waals surface area contributed by atoms with Crippen molar-refractivity contribution in [2.24, 2.45) is 0 Å². The summed E-state index contributed by atoms with van der Waals surface area (Å²) in [5, 5.41) is 4.17.